The SMILES string of the molecule is COc1ccccc1Nc1nnc(-c2nn(C)cc2Cl)s1. The normalized spacial score (nSPS) is 10.6. The standard InChI is InChI=1S/C13H12ClN5OS/c1-19-7-8(14)11(18-19)12-16-17-13(21-12)15-9-5-3-4-6-10(9)20-2/h3-7H,1-2H3,(H,15,17). The fraction of sp³-hybridized carbons (Fsp3) is 0.154. The molecule has 3 aromatic rings. The highest BCUT2D eigenvalue weighted by atomic mass is 35.5. The zero-order valence-electron chi connectivity index (χ0n) is 11.4. The Kier molecular flexibility index (Phi) is 3.76. The summed E-state index contributed by atoms with van der Waals surface area (Å²) in [6.45, 7) is 0. The summed E-state index contributed by atoms with van der Waals surface area (Å²) in [6.07, 6.45) is 1.73. The van der Waals surface area contributed by atoms with E-state index in [4.69, 9.17) is 16.3 Å². The number of ether oxygens (including phenoxy) is 1. The Balaban J connectivity index is 1.87. The van der Waals surface area contributed by atoms with Gasteiger partial charge in [-0.3, -0.25) is 4.68 Å². The lowest BCUT2D eigenvalue weighted by atomic mass is 10.3. The molecule has 8 heteroatoms. The maximum Gasteiger partial charge on any atom is 0.210 e. The average Bonchev–Trinajstić information content (AvgIpc) is 3.06. The molecule has 2 aromatic heterocycles. The molecule has 0 unspecified atom stereocenters. The topological polar surface area (TPSA) is 64.9 Å². The van der Waals surface area contributed by atoms with Gasteiger partial charge in [0.1, 0.15) is 11.4 Å². The molecule has 0 bridgehead atoms. The highest BCUT2D eigenvalue weighted by Crippen LogP contribution is 2.33. The first-order valence-corrected chi connectivity index (χ1v) is 7.30. The van der Waals surface area contributed by atoms with Crippen molar-refractivity contribution < 1.29 is 4.74 Å². The minimum atomic E-state index is 0.553. The maximum atomic E-state index is 6.11. The van der Waals surface area contributed by atoms with Crippen LogP contribution in [0.3, 0.4) is 0 Å². The molecule has 3 rings (SSSR count). The van der Waals surface area contributed by atoms with Gasteiger partial charge in [0.05, 0.1) is 17.8 Å². The van der Waals surface area contributed by atoms with Crippen molar-refractivity contribution in [3.8, 4) is 16.5 Å². The van der Waals surface area contributed by atoms with Gasteiger partial charge in [0.15, 0.2) is 5.01 Å². The summed E-state index contributed by atoms with van der Waals surface area (Å²) in [4.78, 5) is 0. The number of benzene rings is 1. The molecule has 0 saturated carbocycles. The number of aromatic nitrogens is 4. The predicted molar refractivity (Wildman–Crippen MR) is 83.4 cm³/mol. The first-order valence-electron chi connectivity index (χ1n) is 6.10. The van der Waals surface area contributed by atoms with Crippen molar-refractivity contribution in [2.45, 2.75) is 0 Å². The van der Waals surface area contributed by atoms with E-state index in [2.05, 4.69) is 20.6 Å². The molecule has 0 aliphatic heterocycles. The van der Waals surface area contributed by atoms with Crippen molar-refractivity contribution in [1.82, 2.24) is 20.0 Å². The van der Waals surface area contributed by atoms with Gasteiger partial charge < -0.3 is 10.1 Å². The first-order chi connectivity index (χ1) is 10.2. The van der Waals surface area contributed by atoms with Crippen LogP contribution in [0.15, 0.2) is 30.5 Å². The molecule has 0 saturated heterocycles. The molecule has 0 spiro atoms. The van der Waals surface area contributed by atoms with Crippen LogP contribution in [0.4, 0.5) is 10.8 Å². The summed E-state index contributed by atoms with van der Waals surface area (Å²) in [5.74, 6) is 0.741. The van der Waals surface area contributed by atoms with Crippen LogP contribution in [0, 0.1) is 0 Å². The van der Waals surface area contributed by atoms with Crippen molar-refractivity contribution in [3.63, 3.8) is 0 Å². The molecule has 21 heavy (non-hydrogen) atoms. The monoisotopic (exact) mass is 321 g/mol. The summed E-state index contributed by atoms with van der Waals surface area (Å²) in [6, 6.07) is 7.61. The fourth-order valence-corrected chi connectivity index (χ4v) is 2.92. The Hall–Kier alpha value is -2.12. The molecule has 0 aliphatic rings. The number of anilines is 2. The Labute approximate surface area is 130 Å². The molecule has 2 heterocycles. The van der Waals surface area contributed by atoms with E-state index in [9.17, 15) is 0 Å². The van der Waals surface area contributed by atoms with Gasteiger partial charge in [-0.15, -0.1) is 10.2 Å². The second-order valence-corrected chi connectivity index (χ2v) is 5.62. The van der Waals surface area contributed by atoms with Gasteiger partial charge in [-0.25, -0.2) is 0 Å². The first kappa shape index (κ1) is 13.8. The summed E-state index contributed by atoms with van der Waals surface area (Å²) in [5, 5.41) is 17.5. The largest absolute Gasteiger partial charge is 0.495 e. The Morgan fingerprint density at radius 3 is 2.81 bits per heavy atom. The molecular formula is C13H12ClN5OS. The van der Waals surface area contributed by atoms with Crippen molar-refractivity contribution in [1.29, 1.82) is 0 Å². The molecule has 1 aromatic carbocycles. The van der Waals surface area contributed by atoms with Crippen LogP contribution in [-0.4, -0.2) is 27.1 Å². The Morgan fingerprint density at radius 1 is 1.29 bits per heavy atom. The lowest BCUT2D eigenvalue weighted by Gasteiger charge is -2.07. The van der Waals surface area contributed by atoms with E-state index in [0.717, 1.165) is 11.4 Å². The molecular weight excluding hydrogens is 310 g/mol. The zero-order chi connectivity index (χ0) is 14.8. The van der Waals surface area contributed by atoms with E-state index in [1.807, 2.05) is 31.3 Å². The fourth-order valence-electron chi connectivity index (χ4n) is 1.84. The Bertz CT molecular complexity index is 770. The van der Waals surface area contributed by atoms with Crippen molar-refractivity contribution in [2.24, 2.45) is 7.05 Å². The zero-order valence-corrected chi connectivity index (χ0v) is 12.9. The van der Waals surface area contributed by atoms with Crippen LogP contribution in [-0.2, 0) is 7.05 Å². The summed E-state index contributed by atoms with van der Waals surface area (Å²) in [7, 11) is 3.43. The second-order valence-electron chi connectivity index (χ2n) is 4.24. The number of nitrogens with zero attached hydrogens (tertiary/aromatic N) is 4. The van der Waals surface area contributed by atoms with Crippen LogP contribution in [0.5, 0.6) is 5.75 Å². The number of hydrogen-bond donors (Lipinski definition) is 1. The van der Waals surface area contributed by atoms with Crippen LogP contribution in [0.1, 0.15) is 0 Å². The molecule has 0 aliphatic carbocycles. The molecule has 108 valence electrons. The van der Waals surface area contributed by atoms with Gasteiger partial charge in [0, 0.05) is 13.2 Å². The van der Waals surface area contributed by atoms with E-state index < -0.39 is 0 Å². The van der Waals surface area contributed by atoms with Gasteiger partial charge in [0.2, 0.25) is 5.13 Å². The van der Waals surface area contributed by atoms with E-state index >= 15 is 0 Å². The lowest BCUT2D eigenvalue weighted by Crippen LogP contribution is -1.93. The van der Waals surface area contributed by atoms with Gasteiger partial charge in [0.25, 0.3) is 0 Å². The van der Waals surface area contributed by atoms with E-state index in [0.29, 0.717) is 20.9 Å². The second kappa shape index (κ2) is 5.71. The van der Waals surface area contributed by atoms with E-state index in [1.165, 1.54) is 11.3 Å². The molecule has 0 fully saturated rings. The molecule has 6 nitrogen and oxygen atoms in total. The number of nitrogens with one attached hydrogen (secondary N) is 1. The van der Waals surface area contributed by atoms with Crippen molar-refractivity contribution in [3.05, 3.63) is 35.5 Å². The van der Waals surface area contributed by atoms with Crippen molar-refractivity contribution >= 4 is 33.8 Å². The molecule has 1 N–H and O–H groups in total. The third kappa shape index (κ3) is 2.84. The lowest BCUT2D eigenvalue weighted by molar-refractivity contribution is 0.417. The van der Waals surface area contributed by atoms with Gasteiger partial charge in [-0.05, 0) is 12.1 Å². The van der Waals surface area contributed by atoms with Crippen LogP contribution >= 0.6 is 22.9 Å². The number of rotatable bonds is 4. The summed E-state index contributed by atoms with van der Waals surface area (Å²) in [5.41, 5.74) is 1.46. The number of methoxy groups -OCH3 is 1. The average molecular weight is 322 g/mol. The highest BCUT2D eigenvalue weighted by molar-refractivity contribution is 7.18. The third-order valence-corrected chi connectivity index (χ3v) is 3.88. The van der Waals surface area contributed by atoms with Crippen LogP contribution in [0.25, 0.3) is 10.7 Å². The van der Waals surface area contributed by atoms with Gasteiger partial charge >= 0.3 is 0 Å². The summed E-state index contributed by atoms with van der Waals surface area (Å²) < 4.78 is 6.93. The third-order valence-electron chi connectivity index (χ3n) is 2.76. The van der Waals surface area contributed by atoms with E-state index in [-0.39, 0.29) is 0 Å². The quantitative estimate of drug-likeness (QED) is 0.798. The summed E-state index contributed by atoms with van der Waals surface area (Å²) >= 11 is 7.49. The molecule has 0 atom stereocenters. The van der Waals surface area contributed by atoms with Crippen LogP contribution in [0.2, 0.25) is 5.02 Å². The number of para-hydroxylation sites is 2. The van der Waals surface area contributed by atoms with Crippen LogP contribution < -0.4 is 10.1 Å². The van der Waals surface area contributed by atoms with E-state index in [1.54, 1.807) is 18.0 Å². The predicted octanol–water partition coefficient (Wildman–Crippen LogP) is 3.34. The number of aryl methyl sites for hydroxylation is 1. The number of halogens is 1. The van der Waals surface area contributed by atoms with Gasteiger partial charge in [-0.2, -0.15) is 5.10 Å². The van der Waals surface area contributed by atoms with Gasteiger partial charge in [-0.1, -0.05) is 35.1 Å². The van der Waals surface area contributed by atoms with Crippen molar-refractivity contribution in [2.75, 3.05) is 12.4 Å². The molecule has 0 radical (unpaired) electrons. The molecule has 0 amide bonds. The Morgan fingerprint density at radius 2 is 2.10 bits per heavy atom. The minimum Gasteiger partial charge on any atom is -0.495 e. The maximum absolute atomic E-state index is 6.11. The highest BCUT2D eigenvalue weighted by Gasteiger charge is 2.14. The smallest absolute Gasteiger partial charge is 0.210 e. The minimum absolute atomic E-state index is 0.553. The number of hydrogen-bond acceptors (Lipinski definition) is 6.